The van der Waals surface area contributed by atoms with Crippen LogP contribution in [0.3, 0.4) is 0 Å². The lowest BCUT2D eigenvalue weighted by molar-refractivity contribution is -0.139. The van der Waals surface area contributed by atoms with Gasteiger partial charge < -0.3 is 10.2 Å². The van der Waals surface area contributed by atoms with Crippen LogP contribution in [-0.4, -0.2) is 50.0 Å². The van der Waals surface area contributed by atoms with Crippen molar-refractivity contribution in [3.8, 4) is 0 Å². The van der Waals surface area contributed by atoms with E-state index in [2.05, 4.69) is 5.32 Å². The minimum absolute atomic E-state index is 0.0881. The minimum Gasteiger partial charge on any atom is -0.352 e. The highest BCUT2D eigenvalue weighted by molar-refractivity contribution is 7.92. The summed E-state index contributed by atoms with van der Waals surface area (Å²) in [5.74, 6) is -0.760. The van der Waals surface area contributed by atoms with E-state index in [1.807, 2.05) is 0 Å². The van der Waals surface area contributed by atoms with Crippen LogP contribution in [0.1, 0.15) is 44.6 Å². The molecule has 10 heteroatoms. The Bertz CT molecular complexity index is 1140. The topological polar surface area (TPSA) is 86.8 Å². The van der Waals surface area contributed by atoms with Gasteiger partial charge in [-0.15, -0.1) is 0 Å². The Hall–Kier alpha value is -2.29. The van der Waals surface area contributed by atoms with Crippen molar-refractivity contribution in [3.63, 3.8) is 0 Å². The van der Waals surface area contributed by atoms with Crippen molar-refractivity contribution < 1.29 is 18.0 Å². The molecule has 2 amide bonds. The first-order chi connectivity index (χ1) is 16.5. The minimum atomic E-state index is -3.80. The first-order valence-electron chi connectivity index (χ1n) is 11.6. The van der Waals surface area contributed by atoms with Gasteiger partial charge in [0, 0.05) is 22.6 Å². The molecular formula is C25H31Cl2N3O4S. The number of halogens is 2. The number of rotatable bonds is 9. The number of hydrogen-bond acceptors (Lipinski definition) is 4. The molecule has 0 heterocycles. The van der Waals surface area contributed by atoms with Crippen LogP contribution in [-0.2, 0) is 26.2 Å². The van der Waals surface area contributed by atoms with Crippen LogP contribution >= 0.6 is 23.2 Å². The number of amides is 2. The maximum Gasteiger partial charge on any atom is 0.244 e. The first-order valence-corrected chi connectivity index (χ1v) is 14.2. The quantitative estimate of drug-likeness (QED) is 0.503. The van der Waals surface area contributed by atoms with Gasteiger partial charge in [0.25, 0.3) is 0 Å². The summed E-state index contributed by atoms with van der Waals surface area (Å²) in [5, 5.41) is 3.97. The lowest BCUT2D eigenvalue weighted by atomic mass is 9.95. The monoisotopic (exact) mass is 539 g/mol. The fourth-order valence-electron chi connectivity index (χ4n) is 4.18. The molecule has 1 fully saturated rings. The summed E-state index contributed by atoms with van der Waals surface area (Å²) in [5.41, 5.74) is 1.05. The van der Waals surface area contributed by atoms with Crippen molar-refractivity contribution >= 4 is 50.7 Å². The van der Waals surface area contributed by atoms with Gasteiger partial charge in [0.1, 0.15) is 12.6 Å². The lowest BCUT2D eigenvalue weighted by Gasteiger charge is -2.33. The normalized spacial score (nSPS) is 15.3. The van der Waals surface area contributed by atoms with E-state index in [1.54, 1.807) is 49.4 Å². The van der Waals surface area contributed by atoms with Crippen LogP contribution < -0.4 is 9.62 Å². The summed E-state index contributed by atoms with van der Waals surface area (Å²) in [6, 6.07) is 12.6. The maximum absolute atomic E-state index is 13.5. The fourth-order valence-corrected chi connectivity index (χ4v) is 5.33. The molecule has 0 aliphatic heterocycles. The first kappa shape index (κ1) is 27.3. The number of benzene rings is 2. The summed E-state index contributed by atoms with van der Waals surface area (Å²) >= 11 is 12.1. The number of hydrogen-bond donors (Lipinski definition) is 1. The zero-order valence-corrected chi connectivity index (χ0v) is 22.2. The second kappa shape index (κ2) is 12.1. The predicted octanol–water partition coefficient (Wildman–Crippen LogP) is 4.63. The SMILES string of the molecule is CC(C(=O)NC1CCCCC1)N(Cc1ccc(Cl)cc1)C(=O)CN(c1cccc(Cl)c1)S(C)(=O)=O. The molecule has 2 aromatic carbocycles. The van der Waals surface area contributed by atoms with Crippen molar-refractivity contribution in [1.82, 2.24) is 10.2 Å². The average Bonchev–Trinajstić information content (AvgIpc) is 2.81. The van der Waals surface area contributed by atoms with Crippen LogP contribution in [0.2, 0.25) is 10.0 Å². The number of nitrogens with one attached hydrogen (secondary N) is 1. The molecule has 1 aliphatic carbocycles. The van der Waals surface area contributed by atoms with Crippen LogP contribution in [0.15, 0.2) is 48.5 Å². The van der Waals surface area contributed by atoms with Crippen molar-refractivity contribution in [2.75, 3.05) is 17.1 Å². The summed E-state index contributed by atoms with van der Waals surface area (Å²) in [4.78, 5) is 28.1. The molecule has 1 unspecified atom stereocenters. The van der Waals surface area contributed by atoms with Gasteiger partial charge in [0.05, 0.1) is 11.9 Å². The van der Waals surface area contributed by atoms with Crippen molar-refractivity contribution in [3.05, 3.63) is 64.1 Å². The summed E-state index contributed by atoms with van der Waals surface area (Å²) in [7, 11) is -3.80. The molecule has 0 saturated heterocycles. The number of sulfonamides is 1. The molecule has 190 valence electrons. The second-order valence-corrected chi connectivity index (χ2v) is 11.7. The predicted molar refractivity (Wildman–Crippen MR) is 140 cm³/mol. The Kier molecular flexibility index (Phi) is 9.44. The molecule has 3 rings (SSSR count). The van der Waals surface area contributed by atoms with Crippen molar-refractivity contribution in [2.45, 2.75) is 57.7 Å². The van der Waals surface area contributed by atoms with Gasteiger partial charge in [-0.1, -0.05) is 60.7 Å². The summed E-state index contributed by atoms with van der Waals surface area (Å²) < 4.78 is 26.2. The highest BCUT2D eigenvalue weighted by atomic mass is 35.5. The molecule has 7 nitrogen and oxygen atoms in total. The maximum atomic E-state index is 13.5. The third-order valence-corrected chi connectivity index (χ3v) is 7.79. The van der Waals surface area contributed by atoms with Gasteiger partial charge in [0.2, 0.25) is 21.8 Å². The third kappa shape index (κ3) is 7.85. The molecule has 0 radical (unpaired) electrons. The van der Waals surface area contributed by atoms with E-state index in [-0.39, 0.29) is 24.2 Å². The van der Waals surface area contributed by atoms with Gasteiger partial charge in [-0.3, -0.25) is 13.9 Å². The Morgan fingerprint density at radius 1 is 1.03 bits per heavy atom. The molecule has 0 aromatic heterocycles. The Labute approximate surface area is 217 Å². The molecular weight excluding hydrogens is 509 g/mol. The van der Waals surface area contributed by atoms with Gasteiger partial charge >= 0.3 is 0 Å². The van der Waals surface area contributed by atoms with Crippen molar-refractivity contribution in [2.24, 2.45) is 0 Å². The lowest BCUT2D eigenvalue weighted by Crippen LogP contribution is -2.52. The number of nitrogens with zero attached hydrogens (tertiary/aromatic N) is 2. The van der Waals surface area contributed by atoms with E-state index in [4.69, 9.17) is 23.2 Å². The summed E-state index contributed by atoms with van der Waals surface area (Å²) in [6.45, 7) is 1.33. The van der Waals surface area contributed by atoms with E-state index in [0.717, 1.165) is 48.2 Å². The number of carbonyl (C=O) groups excluding carboxylic acids is 2. The highest BCUT2D eigenvalue weighted by Crippen LogP contribution is 2.23. The largest absolute Gasteiger partial charge is 0.352 e. The standard InChI is InChI=1S/C25H31Cl2N3O4S/c1-18(25(32)28-22-8-4-3-5-9-22)29(16-19-11-13-20(26)14-12-19)24(31)17-30(35(2,33)34)23-10-6-7-21(27)15-23/h6-7,10-15,18,22H,3-5,8-9,16-17H2,1-2H3,(H,28,32). The fraction of sp³-hybridized carbons (Fsp3) is 0.440. The number of carbonyl (C=O) groups is 2. The molecule has 1 aliphatic rings. The zero-order valence-electron chi connectivity index (χ0n) is 19.9. The smallest absolute Gasteiger partial charge is 0.244 e. The highest BCUT2D eigenvalue weighted by Gasteiger charge is 2.31. The molecule has 35 heavy (non-hydrogen) atoms. The Balaban J connectivity index is 1.86. The van der Waals surface area contributed by atoms with E-state index in [1.165, 1.54) is 11.0 Å². The van der Waals surface area contributed by atoms with E-state index < -0.39 is 28.5 Å². The molecule has 1 saturated carbocycles. The van der Waals surface area contributed by atoms with Crippen molar-refractivity contribution in [1.29, 1.82) is 0 Å². The molecule has 1 N–H and O–H groups in total. The second-order valence-electron chi connectivity index (χ2n) is 8.92. The Morgan fingerprint density at radius 2 is 1.69 bits per heavy atom. The van der Waals surface area contributed by atoms with Gasteiger partial charge in [0.15, 0.2) is 0 Å². The van der Waals surface area contributed by atoms with Crippen LogP contribution in [0.4, 0.5) is 5.69 Å². The Morgan fingerprint density at radius 3 is 2.29 bits per heavy atom. The molecule has 1 atom stereocenters. The third-order valence-electron chi connectivity index (χ3n) is 6.16. The molecule has 2 aromatic rings. The number of anilines is 1. The average molecular weight is 541 g/mol. The van der Waals surface area contributed by atoms with Gasteiger partial charge in [-0.25, -0.2) is 8.42 Å². The van der Waals surface area contributed by atoms with E-state index in [0.29, 0.717) is 10.0 Å². The van der Waals surface area contributed by atoms with Crippen LogP contribution in [0, 0.1) is 0 Å². The van der Waals surface area contributed by atoms with Crippen LogP contribution in [0.25, 0.3) is 0 Å². The van der Waals surface area contributed by atoms with Gasteiger partial charge in [-0.05, 0) is 55.7 Å². The van der Waals surface area contributed by atoms with Crippen LogP contribution in [0.5, 0.6) is 0 Å². The van der Waals surface area contributed by atoms with E-state index in [9.17, 15) is 18.0 Å². The zero-order chi connectivity index (χ0) is 25.6. The van der Waals surface area contributed by atoms with Gasteiger partial charge in [-0.2, -0.15) is 0 Å². The van der Waals surface area contributed by atoms with E-state index >= 15 is 0 Å². The molecule has 0 bridgehead atoms. The molecule has 0 spiro atoms. The summed E-state index contributed by atoms with van der Waals surface area (Å²) in [6.07, 6.45) is 6.16.